The fourth-order valence-electron chi connectivity index (χ4n) is 3.24. The highest BCUT2D eigenvalue weighted by atomic mass is 35.5. The van der Waals surface area contributed by atoms with Crippen molar-refractivity contribution >= 4 is 29.0 Å². The second kappa shape index (κ2) is 9.78. The lowest BCUT2D eigenvalue weighted by Gasteiger charge is -2.35. The molecule has 1 fully saturated rings. The van der Waals surface area contributed by atoms with Gasteiger partial charge in [-0.05, 0) is 42.0 Å². The lowest BCUT2D eigenvalue weighted by molar-refractivity contribution is 0.0168. The normalized spacial score (nSPS) is 15.7. The van der Waals surface area contributed by atoms with E-state index in [-0.39, 0.29) is 12.1 Å². The zero-order valence-electron chi connectivity index (χ0n) is 16.3. The highest BCUT2D eigenvalue weighted by Crippen LogP contribution is 2.24. The Balaban J connectivity index is 1.66. The molecule has 1 atom stereocenters. The fraction of sp³-hybridized carbons (Fsp3) is 0.381. The van der Waals surface area contributed by atoms with Gasteiger partial charge < -0.3 is 20.3 Å². The minimum atomic E-state index is -0.231. The largest absolute Gasteiger partial charge is 0.379 e. The molecule has 6 nitrogen and oxygen atoms in total. The SMILES string of the molecule is CN(C)c1ccc(C(CNC(=O)Nc2ccc(Cl)cc2)N2CCOCC2)cc1. The predicted molar refractivity (Wildman–Crippen MR) is 114 cm³/mol. The summed E-state index contributed by atoms with van der Waals surface area (Å²) >= 11 is 5.89. The Labute approximate surface area is 171 Å². The summed E-state index contributed by atoms with van der Waals surface area (Å²) in [6.07, 6.45) is 0. The van der Waals surface area contributed by atoms with E-state index in [0.29, 0.717) is 30.5 Å². The minimum absolute atomic E-state index is 0.0936. The van der Waals surface area contributed by atoms with Gasteiger partial charge in [0.15, 0.2) is 0 Å². The van der Waals surface area contributed by atoms with Crippen LogP contribution in [0, 0.1) is 0 Å². The first-order valence-corrected chi connectivity index (χ1v) is 9.80. The van der Waals surface area contributed by atoms with Crippen LogP contribution in [-0.4, -0.2) is 57.9 Å². The van der Waals surface area contributed by atoms with Crippen molar-refractivity contribution in [1.29, 1.82) is 0 Å². The number of morpholine rings is 1. The molecule has 2 aromatic rings. The molecule has 28 heavy (non-hydrogen) atoms. The molecular weight excluding hydrogens is 376 g/mol. The number of ether oxygens (including phenoxy) is 1. The van der Waals surface area contributed by atoms with Crippen LogP contribution < -0.4 is 15.5 Å². The highest BCUT2D eigenvalue weighted by Gasteiger charge is 2.23. The molecular formula is C21H27ClN4O2. The number of amides is 2. The minimum Gasteiger partial charge on any atom is -0.379 e. The van der Waals surface area contributed by atoms with Crippen molar-refractivity contribution < 1.29 is 9.53 Å². The highest BCUT2D eigenvalue weighted by molar-refractivity contribution is 6.30. The van der Waals surface area contributed by atoms with E-state index in [9.17, 15) is 4.79 Å². The molecule has 2 aromatic carbocycles. The number of carbonyl (C=O) groups is 1. The molecule has 1 unspecified atom stereocenters. The molecule has 2 N–H and O–H groups in total. The van der Waals surface area contributed by atoms with Gasteiger partial charge >= 0.3 is 6.03 Å². The average molecular weight is 403 g/mol. The van der Waals surface area contributed by atoms with Gasteiger partial charge in [0.2, 0.25) is 0 Å². The fourth-order valence-corrected chi connectivity index (χ4v) is 3.37. The molecule has 0 radical (unpaired) electrons. The number of rotatable bonds is 6. The van der Waals surface area contributed by atoms with E-state index in [4.69, 9.17) is 16.3 Å². The van der Waals surface area contributed by atoms with E-state index < -0.39 is 0 Å². The number of nitrogens with one attached hydrogen (secondary N) is 2. The van der Waals surface area contributed by atoms with E-state index >= 15 is 0 Å². The third-order valence-corrected chi connectivity index (χ3v) is 5.09. The second-order valence-corrected chi connectivity index (χ2v) is 7.43. The van der Waals surface area contributed by atoms with Gasteiger partial charge in [-0.2, -0.15) is 0 Å². The Morgan fingerprint density at radius 3 is 2.36 bits per heavy atom. The molecule has 1 aliphatic rings. The standard InChI is InChI=1S/C21H27ClN4O2/c1-25(2)19-9-3-16(4-10-19)20(26-11-13-28-14-12-26)15-23-21(27)24-18-7-5-17(22)6-8-18/h3-10,20H,11-15H2,1-2H3,(H2,23,24,27). The van der Waals surface area contributed by atoms with E-state index in [2.05, 4.69) is 44.7 Å². The number of urea groups is 1. The van der Waals surface area contributed by atoms with Crippen LogP contribution in [0.2, 0.25) is 5.02 Å². The third-order valence-electron chi connectivity index (χ3n) is 4.84. The monoisotopic (exact) mass is 402 g/mol. The second-order valence-electron chi connectivity index (χ2n) is 6.99. The Morgan fingerprint density at radius 1 is 1.11 bits per heavy atom. The van der Waals surface area contributed by atoms with Crippen molar-refractivity contribution in [3.05, 3.63) is 59.1 Å². The van der Waals surface area contributed by atoms with Crippen LogP contribution in [0.5, 0.6) is 0 Å². The molecule has 1 heterocycles. The average Bonchev–Trinajstić information content (AvgIpc) is 2.71. The summed E-state index contributed by atoms with van der Waals surface area (Å²) < 4.78 is 5.49. The van der Waals surface area contributed by atoms with Gasteiger partial charge in [-0.1, -0.05) is 23.7 Å². The van der Waals surface area contributed by atoms with Crippen LogP contribution in [0.4, 0.5) is 16.2 Å². The third kappa shape index (κ3) is 5.61. The first-order valence-electron chi connectivity index (χ1n) is 9.42. The van der Waals surface area contributed by atoms with E-state index in [1.54, 1.807) is 24.3 Å². The van der Waals surface area contributed by atoms with Crippen molar-refractivity contribution in [2.45, 2.75) is 6.04 Å². The maximum atomic E-state index is 12.4. The van der Waals surface area contributed by atoms with Gasteiger partial charge in [-0.3, -0.25) is 4.90 Å². The van der Waals surface area contributed by atoms with Gasteiger partial charge in [-0.15, -0.1) is 0 Å². The Hall–Kier alpha value is -2.28. The van der Waals surface area contributed by atoms with Crippen molar-refractivity contribution in [3.63, 3.8) is 0 Å². The van der Waals surface area contributed by atoms with Gasteiger partial charge in [0.05, 0.1) is 19.3 Å². The molecule has 7 heteroatoms. The molecule has 3 rings (SSSR count). The van der Waals surface area contributed by atoms with E-state index in [0.717, 1.165) is 18.8 Å². The molecule has 0 bridgehead atoms. The van der Waals surface area contributed by atoms with Crippen molar-refractivity contribution in [1.82, 2.24) is 10.2 Å². The number of nitrogens with zero attached hydrogens (tertiary/aromatic N) is 2. The lowest BCUT2D eigenvalue weighted by atomic mass is 10.0. The number of carbonyl (C=O) groups excluding carboxylic acids is 1. The van der Waals surface area contributed by atoms with Crippen LogP contribution in [-0.2, 0) is 4.74 Å². The molecule has 0 aliphatic carbocycles. The number of anilines is 2. The van der Waals surface area contributed by atoms with Crippen LogP contribution in [0.25, 0.3) is 0 Å². The summed E-state index contributed by atoms with van der Waals surface area (Å²) in [5, 5.41) is 6.49. The zero-order chi connectivity index (χ0) is 19.9. The van der Waals surface area contributed by atoms with Crippen molar-refractivity contribution in [2.75, 3.05) is 57.2 Å². The number of halogens is 1. The summed E-state index contributed by atoms with van der Waals surface area (Å²) in [5.74, 6) is 0. The summed E-state index contributed by atoms with van der Waals surface area (Å²) in [6, 6.07) is 15.4. The van der Waals surface area contributed by atoms with Crippen LogP contribution in [0.3, 0.4) is 0 Å². The first kappa shape index (κ1) is 20.5. The molecule has 1 saturated heterocycles. The Bertz CT molecular complexity index is 759. The Morgan fingerprint density at radius 2 is 1.75 bits per heavy atom. The molecule has 150 valence electrons. The zero-order valence-corrected chi connectivity index (χ0v) is 17.1. The quantitative estimate of drug-likeness (QED) is 0.775. The smallest absolute Gasteiger partial charge is 0.319 e. The molecule has 1 aliphatic heterocycles. The summed E-state index contributed by atoms with van der Waals surface area (Å²) in [4.78, 5) is 16.8. The number of hydrogen-bond donors (Lipinski definition) is 2. The van der Waals surface area contributed by atoms with Crippen LogP contribution in [0.15, 0.2) is 48.5 Å². The maximum Gasteiger partial charge on any atom is 0.319 e. The van der Waals surface area contributed by atoms with Crippen LogP contribution >= 0.6 is 11.6 Å². The summed E-state index contributed by atoms with van der Waals surface area (Å²) in [7, 11) is 4.05. The van der Waals surface area contributed by atoms with E-state index in [1.165, 1.54) is 5.56 Å². The lowest BCUT2D eigenvalue weighted by Crippen LogP contribution is -2.44. The molecule has 0 saturated carbocycles. The molecule has 0 aromatic heterocycles. The van der Waals surface area contributed by atoms with Gasteiger partial charge in [-0.25, -0.2) is 4.79 Å². The van der Waals surface area contributed by atoms with E-state index in [1.807, 2.05) is 14.1 Å². The first-order chi connectivity index (χ1) is 13.5. The van der Waals surface area contributed by atoms with Gasteiger partial charge in [0, 0.05) is 50.1 Å². The Kier molecular flexibility index (Phi) is 7.14. The summed E-state index contributed by atoms with van der Waals surface area (Å²) in [6.45, 7) is 3.63. The maximum absolute atomic E-state index is 12.4. The number of benzene rings is 2. The summed E-state index contributed by atoms with van der Waals surface area (Å²) in [5.41, 5.74) is 3.04. The topological polar surface area (TPSA) is 56.8 Å². The number of hydrogen-bond acceptors (Lipinski definition) is 4. The van der Waals surface area contributed by atoms with Gasteiger partial charge in [0.1, 0.15) is 0 Å². The molecule has 0 spiro atoms. The van der Waals surface area contributed by atoms with Crippen molar-refractivity contribution in [3.8, 4) is 0 Å². The van der Waals surface area contributed by atoms with Crippen molar-refractivity contribution in [2.24, 2.45) is 0 Å². The predicted octanol–water partition coefficient (Wildman–Crippen LogP) is 3.60. The van der Waals surface area contributed by atoms with Crippen LogP contribution in [0.1, 0.15) is 11.6 Å². The van der Waals surface area contributed by atoms with Gasteiger partial charge in [0.25, 0.3) is 0 Å². The molecule has 2 amide bonds.